The first-order chi connectivity index (χ1) is 7.32. The van der Waals surface area contributed by atoms with E-state index in [9.17, 15) is 17.6 Å². The first kappa shape index (κ1) is 11.0. The zero-order valence-electron chi connectivity index (χ0n) is 8.69. The van der Waals surface area contributed by atoms with E-state index in [1.54, 1.807) is 24.7 Å². The summed E-state index contributed by atoms with van der Waals surface area (Å²) < 4.78 is 52.7. The molecule has 5 heteroatoms. The Kier molecular flexibility index (Phi) is 2.22. The second kappa shape index (κ2) is 3.23. The molecule has 0 N–H and O–H groups in total. The van der Waals surface area contributed by atoms with Crippen LogP contribution in [-0.2, 0) is 13.2 Å². The number of benzene rings is 1. The van der Waals surface area contributed by atoms with Crippen LogP contribution < -0.4 is 0 Å². The predicted molar refractivity (Wildman–Crippen MR) is 52.6 cm³/mol. The molecule has 1 heterocycles. The van der Waals surface area contributed by atoms with E-state index < -0.39 is 17.6 Å². The van der Waals surface area contributed by atoms with Crippen molar-refractivity contribution >= 4 is 10.9 Å². The van der Waals surface area contributed by atoms with E-state index >= 15 is 0 Å². The quantitative estimate of drug-likeness (QED) is 0.610. The van der Waals surface area contributed by atoms with E-state index in [0.717, 1.165) is 6.07 Å². The highest BCUT2D eigenvalue weighted by atomic mass is 19.4. The fraction of sp³-hybridized carbons (Fsp3) is 0.273. The number of aryl methyl sites for hydroxylation is 2. The summed E-state index contributed by atoms with van der Waals surface area (Å²) in [7, 11) is 1.67. The fourth-order valence-electron chi connectivity index (χ4n) is 1.88. The Morgan fingerprint density at radius 1 is 1.19 bits per heavy atom. The van der Waals surface area contributed by atoms with Gasteiger partial charge in [0.15, 0.2) is 0 Å². The number of hydrogen-bond donors (Lipinski definition) is 0. The van der Waals surface area contributed by atoms with Crippen molar-refractivity contribution in [1.29, 1.82) is 0 Å². The molecule has 2 aromatic rings. The van der Waals surface area contributed by atoms with Gasteiger partial charge < -0.3 is 4.57 Å². The average Bonchev–Trinajstić information content (AvgIpc) is 2.41. The Labute approximate surface area is 89.3 Å². The van der Waals surface area contributed by atoms with Gasteiger partial charge in [0.1, 0.15) is 5.82 Å². The molecule has 0 saturated heterocycles. The zero-order chi connectivity index (χ0) is 12.1. The SMILES string of the molecule is Cc1cn(C)c2ccc(C(F)(F)F)c(F)c12. The maximum absolute atomic E-state index is 13.7. The van der Waals surface area contributed by atoms with Gasteiger partial charge in [0.05, 0.1) is 11.1 Å². The molecule has 0 aliphatic rings. The Bertz CT molecular complexity index is 551. The zero-order valence-corrected chi connectivity index (χ0v) is 8.69. The molecule has 0 aliphatic carbocycles. The van der Waals surface area contributed by atoms with Crippen molar-refractivity contribution in [3.63, 3.8) is 0 Å². The van der Waals surface area contributed by atoms with Gasteiger partial charge in [-0.1, -0.05) is 0 Å². The van der Waals surface area contributed by atoms with Gasteiger partial charge in [-0.25, -0.2) is 4.39 Å². The second-order valence-corrected chi connectivity index (χ2v) is 3.74. The van der Waals surface area contributed by atoms with Gasteiger partial charge in [-0.15, -0.1) is 0 Å². The molecule has 16 heavy (non-hydrogen) atoms. The van der Waals surface area contributed by atoms with Gasteiger partial charge in [0.25, 0.3) is 0 Å². The number of fused-ring (bicyclic) bond motifs is 1. The normalized spacial score (nSPS) is 12.4. The molecule has 0 unspecified atom stereocenters. The third-order valence-electron chi connectivity index (χ3n) is 2.59. The highest BCUT2D eigenvalue weighted by Gasteiger charge is 2.35. The van der Waals surface area contributed by atoms with Crippen LogP contribution in [0.2, 0.25) is 0 Å². The van der Waals surface area contributed by atoms with Crippen molar-refractivity contribution in [2.45, 2.75) is 13.1 Å². The standard InChI is InChI=1S/C11H9F4N/c1-6-5-16(2)8-4-3-7(11(13,14)15)10(12)9(6)8/h3-5H,1-2H3. The molecule has 86 valence electrons. The van der Waals surface area contributed by atoms with Crippen molar-refractivity contribution in [2.75, 3.05) is 0 Å². The van der Waals surface area contributed by atoms with Crippen LogP contribution in [0.1, 0.15) is 11.1 Å². The van der Waals surface area contributed by atoms with Crippen molar-refractivity contribution < 1.29 is 17.6 Å². The molecule has 0 saturated carbocycles. The molecule has 0 spiro atoms. The lowest BCUT2D eigenvalue weighted by molar-refractivity contribution is -0.139. The van der Waals surface area contributed by atoms with Gasteiger partial charge in [-0.2, -0.15) is 13.2 Å². The molecular formula is C11H9F4N. The Morgan fingerprint density at radius 2 is 1.81 bits per heavy atom. The lowest BCUT2D eigenvalue weighted by atomic mass is 10.1. The summed E-state index contributed by atoms with van der Waals surface area (Å²) >= 11 is 0. The maximum Gasteiger partial charge on any atom is 0.419 e. The van der Waals surface area contributed by atoms with E-state index in [1.807, 2.05) is 0 Å². The molecule has 2 rings (SSSR count). The van der Waals surface area contributed by atoms with Crippen molar-refractivity contribution in [2.24, 2.45) is 7.05 Å². The van der Waals surface area contributed by atoms with Gasteiger partial charge >= 0.3 is 6.18 Å². The summed E-state index contributed by atoms with van der Waals surface area (Å²) in [6, 6.07) is 2.06. The molecule has 1 nitrogen and oxygen atoms in total. The van der Waals surface area contributed by atoms with Crippen LogP contribution in [-0.4, -0.2) is 4.57 Å². The van der Waals surface area contributed by atoms with E-state index in [-0.39, 0.29) is 5.39 Å². The summed E-state index contributed by atoms with van der Waals surface area (Å²) in [5, 5.41) is 0.0392. The Balaban J connectivity index is 2.84. The van der Waals surface area contributed by atoms with Gasteiger partial charge in [0.2, 0.25) is 0 Å². The van der Waals surface area contributed by atoms with Gasteiger partial charge in [0, 0.05) is 18.6 Å². The molecule has 0 amide bonds. The van der Waals surface area contributed by atoms with Crippen LogP contribution in [0.4, 0.5) is 17.6 Å². The lowest BCUT2D eigenvalue weighted by Gasteiger charge is -2.09. The molecule has 0 aliphatic heterocycles. The average molecular weight is 231 g/mol. The molecular weight excluding hydrogens is 222 g/mol. The third-order valence-corrected chi connectivity index (χ3v) is 2.59. The number of alkyl halides is 3. The Hall–Kier alpha value is -1.52. The minimum atomic E-state index is -4.65. The second-order valence-electron chi connectivity index (χ2n) is 3.74. The topological polar surface area (TPSA) is 4.93 Å². The molecule has 0 atom stereocenters. The summed E-state index contributed by atoms with van der Waals surface area (Å²) in [6.07, 6.45) is -3.05. The van der Waals surface area contributed by atoms with E-state index in [0.29, 0.717) is 11.1 Å². The fourth-order valence-corrected chi connectivity index (χ4v) is 1.88. The monoisotopic (exact) mass is 231 g/mol. The Morgan fingerprint density at radius 3 is 2.38 bits per heavy atom. The van der Waals surface area contributed by atoms with Crippen molar-refractivity contribution in [3.05, 3.63) is 35.3 Å². The molecule has 1 aromatic heterocycles. The smallest absolute Gasteiger partial charge is 0.350 e. The third kappa shape index (κ3) is 1.47. The first-order valence-corrected chi connectivity index (χ1v) is 4.63. The molecule has 0 bridgehead atoms. The summed E-state index contributed by atoms with van der Waals surface area (Å²) in [5.74, 6) is -1.19. The van der Waals surface area contributed by atoms with Crippen molar-refractivity contribution in [1.82, 2.24) is 4.57 Å². The van der Waals surface area contributed by atoms with Crippen LogP contribution in [0.5, 0.6) is 0 Å². The van der Waals surface area contributed by atoms with E-state index in [2.05, 4.69) is 0 Å². The summed E-state index contributed by atoms with van der Waals surface area (Å²) in [6.45, 7) is 1.59. The number of nitrogens with zero attached hydrogens (tertiary/aromatic N) is 1. The number of rotatable bonds is 0. The first-order valence-electron chi connectivity index (χ1n) is 4.63. The number of halogens is 4. The van der Waals surface area contributed by atoms with Gasteiger partial charge in [-0.3, -0.25) is 0 Å². The molecule has 0 radical (unpaired) electrons. The molecule has 1 aromatic carbocycles. The van der Waals surface area contributed by atoms with Crippen LogP contribution >= 0.6 is 0 Å². The van der Waals surface area contributed by atoms with E-state index in [4.69, 9.17) is 0 Å². The van der Waals surface area contributed by atoms with Crippen molar-refractivity contribution in [3.8, 4) is 0 Å². The van der Waals surface area contributed by atoms with Crippen LogP contribution in [0, 0.1) is 12.7 Å². The van der Waals surface area contributed by atoms with Crippen LogP contribution in [0.3, 0.4) is 0 Å². The number of hydrogen-bond acceptors (Lipinski definition) is 0. The minimum Gasteiger partial charge on any atom is -0.350 e. The van der Waals surface area contributed by atoms with Crippen LogP contribution in [0.25, 0.3) is 10.9 Å². The molecule has 0 fully saturated rings. The lowest BCUT2D eigenvalue weighted by Crippen LogP contribution is -2.08. The highest BCUT2D eigenvalue weighted by Crippen LogP contribution is 2.35. The van der Waals surface area contributed by atoms with Crippen LogP contribution in [0.15, 0.2) is 18.3 Å². The summed E-state index contributed by atoms with van der Waals surface area (Å²) in [5.41, 5.74) is -0.251. The highest BCUT2D eigenvalue weighted by molar-refractivity contribution is 5.85. The van der Waals surface area contributed by atoms with E-state index in [1.165, 1.54) is 6.07 Å². The van der Waals surface area contributed by atoms with Gasteiger partial charge in [-0.05, 0) is 24.6 Å². The largest absolute Gasteiger partial charge is 0.419 e. The summed E-state index contributed by atoms with van der Waals surface area (Å²) in [4.78, 5) is 0. The maximum atomic E-state index is 13.7. The number of aromatic nitrogens is 1. The minimum absolute atomic E-state index is 0.0392. The predicted octanol–water partition coefficient (Wildman–Crippen LogP) is 3.64.